The number of nitrogens with zero attached hydrogens (tertiary/aromatic N) is 4. The summed E-state index contributed by atoms with van der Waals surface area (Å²) in [4.78, 5) is 26.6. The minimum Gasteiger partial charge on any atom is -0.353 e. The van der Waals surface area contributed by atoms with Crippen molar-refractivity contribution in [3.63, 3.8) is 0 Å². The van der Waals surface area contributed by atoms with Crippen molar-refractivity contribution >= 4 is 11.8 Å². The van der Waals surface area contributed by atoms with Gasteiger partial charge in [-0.3, -0.25) is 0 Å². The van der Waals surface area contributed by atoms with Crippen LogP contribution in [0.3, 0.4) is 0 Å². The van der Waals surface area contributed by atoms with Gasteiger partial charge in [-0.05, 0) is 39.7 Å². The molecule has 0 spiro atoms. The van der Waals surface area contributed by atoms with E-state index in [-0.39, 0.29) is 12.1 Å². The molecule has 6 nitrogen and oxygen atoms in total. The molecule has 1 aliphatic rings. The molecule has 1 aliphatic heterocycles. The Kier molecular flexibility index (Phi) is 7.52. The molecule has 1 saturated heterocycles. The summed E-state index contributed by atoms with van der Waals surface area (Å²) in [7, 11) is 0. The van der Waals surface area contributed by atoms with Gasteiger partial charge in [0.2, 0.25) is 0 Å². The van der Waals surface area contributed by atoms with Crippen LogP contribution in [0.15, 0.2) is 24.3 Å². The molecule has 1 atom stereocenters. The topological polar surface area (TPSA) is 61.4 Å². The van der Waals surface area contributed by atoms with Gasteiger partial charge in [-0.1, -0.05) is 43.7 Å². The quantitative estimate of drug-likeness (QED) is 0.746. The number of hydrogen-bond donors (Lipinski definition) is 1. The number of rotatable bonds is 6. The van der Waals surface area contributed by atoms with E-state index >= 15 is 0 Å². The summed E-state index contributed by atoms with van der Waals surface area (Å²) in [5.41, 5.74) is 4.78. The first-order valence-electron chi connectivity index (χ1n) is 11.5. The number of benzene rings is 1. The Morgan fingerprint density at radius 3 is 2.26 bits per heavy atom. The van der Waals surface area contributed by atoms with Crippen LogP contribution in [0.1, 0.15) is 68.2 Å². The van der Waals surface area contributed by atoms with Gasteiger partial charge in [0, 0.05) is 55.8 Å². The average Bonchev–Trinajstić information content (AvgIpc) is 2.75. The van der Waals surface area contributed by atoms with Crippen molar-refractivity contribution in [3.8, 4) is 0 Å². The van der Waals surface area contributed by atoms with Crippen LogP contribution < -0.4 is 10.2 Å². The molecule has 1 aromatic heterocycles. The summed E-state index contributed by atoms with van der Waals surface area (Å²) >= 11 is 0. The van der Waals surface area contributed by atoms with Crippen molar-refractivity contribution in [2.75, 3.05) is 31.1 Å². The minimum absolute atomic E-state index is 0.0219. The van der Waals surface area contributed by atoms with E-state index in [4.69, 9.17) is 9.97 Å². The number of carbonyl (C=O) groups excluding carboxylic acids is 1. The van der Waals surface area contributed by atoms with Crippen molar-refractivity contribution in [1.29, 1.82) is 0 Å². The number of aromatic nitrogens is 2. The molecule has 31 heavy (non-hydrogen) atoms. The predicted molar refractivity (Wildman–Crippen MR) is 127 cm³/mol. The van der Waals surface area contributed by atoms with Gasteiger partial charge in [-0.25, -0.2) is 14.8 Å². The highest BCUT2D eigenvalue weighted by Gasteiger charge is 2.26. The highest BCUT2D eigenvalue weighted by molar-refractivity contribution is 5.74. The van der Waals surface area contributed by atoms with Crippen molar-refractivity contribution in [2.24, 2.45) is 0 Å². The van der Waals surface area contributed by atoms with Crippen LogP contribution in [0, 0.1) is 13.8 Å². The first kappa shape index (κ1) is 23.0. The predicted octanol–water partition coefficient (Wildman–Crippen LogP) is 4.44. The maximum Gasteiger partial charge on any atom is 0.317 e. The number of aryl methyl sites for hydroxylation is 2. The van der Waals surface area contributed by atoms with E-state index in [1.54, 1.807) is 0 Å². The van der Waals surface area contributed by atoms with Crippen LogP contribution in [-0.4, -0.2) is 53.1 Å². The molecule has 1 N–H and O–H groups in total. The molecule has 3 rings (SSSR count). The highest BCUT2D eigenvalue weighted by Crippen LogP contribution is 2.28. The molecule has 1 fully saturated rings. The lowest BCUT2D eigenvalue weighted by atomic mass is 10.0. The Morgan fingerprint density at radius 2 is 1.68 bits per heavy atom. The molecule has 2 heterocycles. The first-order chi connectivity index (χ1) is 14.8. The van der Waals surface area contributed by atoms with Crippen molar-refractivity contribution < 1.29 is 4.79 Å². The number of carbonyl (C=O) groups is 1. The van der Waals surface area contributed by atoms with E-state index in [9.17, 15) is 4.79 Å². The fraction of sp³-hybridized carbons (Fsp3) is 0.560. The van der Waals surface area contributed by atoms with Gasteiger partial charge in [-0.2, -0.15) is 0 Å². The normalized spacial score (nSPS) is 15.3. The largest absolute Gasteiger partial charge is 0.353 e. The SMILES string of the molecule is CC[C@H](C)c1nc(C)c(Cc2ccc(C)cc2)c(N2CCN(C(=O)NC(C)C)CC2)n1. The third kappa shape index (κ3) is 5.75. The molecule has 6 heteroatoms. The number of piperazine rings is 1. The van der Waals surface area contributed by atoms with E-state index in [2.05, 4.69) is 62.2 Å². The molecule has 168 valence electrons. The van der Waals surface area contributed by atoms with Crippen LogP contribution in [0.2, 0.25) is 0 Å². The van der Waals surface area contributed by atoms with Gasteiger partial charge in [0.1, 0.15) is 11.6 Å². The molecule has 2 amide bonds. The van der Waals surface area contributed by atoms with Crippen LogP contribution in [0.25, 0.3) is 0 Å². The van der Waals surface area contributed by atoms with Gasteiger partial charge >= 0.3 is 6.03 Å². The zero-order chi connectivity index (χ0) is 22.5. The smallest absolute Gasteiger partial charge is 0.317 e. The van der Waals surface area contributed by atoms with Gasteiger partial charge in [0.25, 0.3) is 0 Å². The molecular weight excluding hydrogens is 386 g/mol. The number of hydrogen-bond acceptors (Lipinski definition) is 4. The maximum atomic E-state index is 12.4. The lowest BCUT2D eigenvalue weighted by molar-refractivity contribution is 0.191. The average molecular weight is 424 g/mol. The zero-order valence-corrected chi connectivity index (χ0v) is 19.9. The first-order valence-corrected chi connectivity index (χ1v) is 11.5. The second-order valence-electron chi connectivity index (χ2n) is 9.02. The second-order valence-corrected chi connectivity index (χ2v) is 9.02. The fourth-order valence-corrected chi connectivity index (χ4v) is 3.84. The Labute approximate surface area is 187 Å². The molecule has 1 aromatic carbocycles. The summed E-state index contributed by atoms with van der Waals surface area (Å²) < 4.78 is 0. The summed E-state index contributed by atoms with van der Waals surface area (Å²) in [6.07, 6.45) is 1.83. The molecule has 0 radical (unpaired) electrons. The molecule has 0 bridgehead atoms. The summed E-state index contributed by atoms with van der Waals surface area (Å²) in [6.45, 7) is 15.5. The van der Waals surface area contributed by atoms with Gasteiger partial charge < -0.3 is 15.1 Å². The molecule has 0 aliphatic carbocycles. The van der Waals surface area contributed by atoms with E-state index in [1.165, 1.54) is 16.7 Å². The van der Waals surface area contributed by atoms with Gasteiger partial charge in [-0.15, -0.1) is 0 Å². The van der Waals surface area contributed by atoms with E-state index < -0.39 is 0 Å². The zero-order valence-electron chi connectivity index (χ0n) is 19.9. The fourth-order valence-electron chi connectivity index (χ4n) is 3.84. The minimum atomic E-state index is 0.0219. The lowest BCUT2D eigenvalue weighted by Crippen LogP contribution is -2.53. The third-order valence-electron chi connectivity index (χ3n) is 6.04. The standard InChI is InChI=1S/C25H37N5O/c1-7-19(5)23-27-20(6)22(16-21-10-8-18(4)9-11-21)24(28-23)29-12-14-30(15-13-29)25(31)26-17(2)3/h8-11,17,19H,7,12-16H2,1-6H3,(H,26,31)/t19-/m0/s1. The van der Waals surface area contributed by atoms with Crippen LogP contribution in [0.5, 0.6) is 0 Å². The number of amides is 2. The third-order valence-corrected chi connectivity index (χ3v) is 6.04. The Balaban J connectivity index is 1.87. The van der Waals surface area contributed by atoms with Crippen molar-refractivity contribution in [1.82, 2.24) is 20.2 Å². The number of nitrogens with one attached hydrogen (secondary N) is 1. The van der Waals surface area contributed by atoms with Gasteiger partial charge in [0.15, 0.2) is 0 Å². The van der Waals surface area contributed by atoms with Gasteiger partial charge in [0.05, 0.1) is 0 Å². The summed E-state index contributed by atoms with van der Waals surface area (Å²) in [5.74, 6) is 2.28. The summed E-state index contributed by atoms with van der Waals surface area (Å²) in [5, 5.41) is 3.00. The van der Waals surface area contributed by atoms with Crippen LogP contribution in [-0.2, 0) is 6.42 Å². The van der Waals surface area contributed by atoms with Crippen molar-refractivity contribution in [3.05, 3.63) is 52.5 Å². The number of urea groups is 1. The maximum absolute atomic E-state index is 12.4. The molecular formula is C25H37N5O. The monoisotopic (exact) mass is 423 g/mol. The van der Waals surface area contributed by atoms with Crippen molar-refractivity contribution in [2.45, 2.75) is 66.3 Å². The second kappa shape index (κ2) is 10.1. The van der Waals surface area contributed by atoms with Crippen LogP contribution in [0.4, 0.5) is 10.6 Å². The summed E-state index contributed by atoms with van der Waals surface area (Å²) in [6, 6.07) is 8.86. The Morgan fingerprint density at radius 1 is 1.03 bits per heavy atom. The lowest BCUT2D eigenvalue weighted by Gasteiger charge is -2.37. The van der Waals surface area contributed by atoms with E-state index in [0.717, 1.165) is 43.3 Å². The molecule has 2 aromatic rings. The van der Waals surface area contributed by atoms with E-state index in [0.29, 0.717) is 19.0 Å². The van der Waals surface area contributed by atoms with Crippen LogP contribution >= 0.6 is 0 Å². The number of anilines is 1. The highest BCUT2D eigenvalue weighted by atomic mass is 16.2. The molecule has 0 unspecified atom stereocenters. The molecule has 0 saturated carbocycles. The van der Waals surface area contributed by atoms with E-state index in [1.807, 2.05) is 18.7 Å². The Bertz CT molecular complexity index is 886. The Hall–Kier alpha value is -2.63.